The van der Waals surface area contributed by atoms with E-state index >= 15 is 0 Å². The molecular weight excluding hydrogens is 236 g/mol. The van der Waals surface area contributed by atoms with Crippen molar-refractivity contribution < 1.29 is 19.4 Å². The summed E-state index contributed by atoms with van der Waals surface area (Å²) in [6.07, 6.45) is 3.31. The van der Waals surface area contributed by atoms with Crippen LogP contribution in [0, 0.1) is 0 Å². The number of nitrogens with zero attached hydrogens (tertiary/aromatic N) is 2. The molecule has 2 rings (SSSR count). The van der Waals surface area contributed by atoms with Crippen molar-refractivity contribution in [1.82, 2.24) is 9.55 Å². The molecule has 0 aliphatic heterocycles. The number of hydrogen-bond donors (Lipinski definition) is 1. The molecule has 0 saturated carbocycles. The molecule has 0 radical (unpaired) electrons. The van der Waals surface area contributed by atoms with Crippen LogP contribution >= 0.6 is 0 Å². The lowest BCUT2D eigenvalue weighted by Crippen LogP contribution is -2.00. The van der Waals surface area contributed by atoms with Crippen molar-refractivity contribution in [3.05, 3.63) is 36.2 Å². The molecule has 0 aliphatic carbocycles. The summed E-state index contributed by atoms with van der Waals surface area (Å²) in [6, 6.07) is 4.75. The van der Waals surface area contributed by atoms with Gasteiger partial charge in [0.25, 0.3) is 0 Å². The summed E-state index contributed by atoms with van der Waals surface area (Å²) in [7, 11) is 3.26. The van der Waals surface area contributed by atoms with Crippen molar-refractivity contribution in [3.8, 4) is 17.5 Å². The average Bonchev–Trinajstić information content (AvgIpc) is 2.75. The van der Waals surface area contributed by atoms with Crippen LogP contribution in [-0.4, -0.2) is 27.7 Å². The predicted octanol–water partition coefficient (Wildman–Crippen LogP) is 1.92. The average molecular weight is 248 g/mol. The topological polar surface area (TPSA) is 73.6 Å². The molecular formula is C12H12N2O4. The van der Waals surface area contributed by atoms with Gasteiger partial charge >= 0.3 is 12.0 Å². The summed E-state index contributed by atoms with van der Waals surface area (Å²) in [5, 5.41) is 8.94. The summed E-state index contributed by atoms with van der Waals surface area (Å²) in [6.45, 7) is 0. The van der Waals surface area contributed by atoms with E-state index in [1.807, 2.05) is 0 Å². The quantitative estimate of drug-likeness (QED) is 0.894. The van der Waals surface area contributed by atoms with Crippen molar-refractivity contribution >= 4 is 5.97 Å². The molecule has 1 aromatic carbocycles. The molecule has 1 heterocycles. The lowest BCUT2D eigenvalue weighted by Gasteiger charge is -2.10. The van der Waals surface area contributed by atoms with Crippen LogP contribution in [0.3, 0.4) is 0 Å². The summed E-state index contributed by atoms with van der Waals surface area (Å²) in [5.41, 5.74) is 0.125. The maximum atomic E-state index is 10.9. The maximum Gasteiger partial charge on any atom is 0.335 e. The Morgan fingerprint density at radius 1 is 1.39 bits per heavy atom. The second-order valence-electron chi connectivity index (χ2n) is 3.59. The van der Waals surface area contributed by atoms with Crippen molar-refractivity contribution in [2.45, 2.75) is 0 Å². The first kappa shape index (κ1) is 12.0. The molecule has 6 heteroatoms. The molecule has 0 saturated heterocycles. The van der Waals surface area contributed by atoms with Gasteiger partial charge in [0, 0.05) is 19.4 Å². The fourth-order valence-corrected chi connectivity index (χ4v) is 1.44. The van der Waals surface area contributed by atoms with Crippen LogP contribution < -0.4 is 9.47 Å². The van der Waals surface area contributed by atoms with Crippen molar-refractivity contribution in [1.29, 1.82) is 0 Å². The van der Waals surface area contributed by atoms with Crippen molar-refractivity contribution in [2.24, 2.45) is 7.05 Å². The Balaban J connectivity index is 2.38. The zero-order valence-corrected chi connectivity index (χ0v) is 9.95. The van der Waals surface area contributed by atoms with E-state index in [1.165, 1.54) is 19.2 Å². The van der Waals surface area contributed by atoms with E-state index in [-0.39, 0.29) is 5.56 Å². The lowest BCUT2D eigenvalue weighted by molar-refractivity contribution is 0.0696. The number of carboxylic acids is 1. The van der Waals surface area contributed by atoms with Gasteiger partial charge in [-0.05, 0) is 18.2 Å². The first-order chi connectivity index (χ1) is 8.61. The minimum Gasteiger partial charge on any atom is -0.493 e. The molecule has 0 amide bonds. The second-order valence-corrected chi connectivity index (χ2v) is 3.59. The SMILES string of the molecule is COc1ccc(C(=O)O)cc1Oc1nccn1C. The van der Waals surface area contributed by atoms with E-state index in [2.05, 4.69) is 4.98 Å². The highest BCUT2D eigenvalue weighted by atomic mass is 16.5. The third-order valence-corrected chi connectivity index (χ3v) is 2.39. The van der Waals surface area contributed by atoms with Gasteiger partial charge in [0.2, 0.25) is 0 Å². The Morgan fingerprint density at radius 3 is 2.72 bits per heavy atom. The number of imidazole rings is 1. The van der Waals surface area contributed by atoms with Gasteiger partial charge in [0.1, 0.15) is 0 Å². The van der Waals surface area contributed by atoms with Crippen LogP contribution in [0.15, 0.2) is 30.6 Å². The van der Waals surface area contributed by atoms with Gasteiger partial charge in [-0.2, -0.15) is 0 Å². The third kappa shape index (κ3) is 2.27. The molecule has 1 N–H and O–H groups in total. The largest absolute Gasteiger partial charge is 0.493 e. The summed E-state index contributed by atoms with van der Waals surface area (Å²) >= 11 is 0. The maximum absolute atomic E-state index is 10.9. The highest BCUT2D eigenvalue weighted by molar-refractivity contribution is 5.88. The minimum absolute atomic E-state index is 0.125. The van der Waals surface area contributed by atoms with Gasteiger partial charge in [0.05, 0.1) is 12.7 Å². The second kappa shape index (κ2) is 4.79. The molecule has 2 aromatic rings. The molecule has 0 atom stereocenters. The number of hydrogen-bond acceptors (Lipinski definition) is 4. The monoisotopic (exact) mass is 248 g/mol. The molecule has 1 aromatic heterocycles. The zero-order chi connectivity index (χ0) is 13.1. The van der Waals surface area contributed by atoms with E-state index in [0.717, 1.165) is 0 Å². The van der Waals surface area contributed by atoms with E-state index in [1.54, 1.807) is 30.1 Å². The van der Waals surface area contributed by atoms with E-state index in [9.17, 15) is 4.79 Å². The van der Waals surface area contributed by atoms with E-state index in [0.29, 0.717) is 17.5 Å². The van der Waals surface area contributed by atoms with Crippen LogP contribution in [0.1, 0.15) is 10.4 Å². The molecule has 0 fully saturated rings. The molecule has 0 spiro atoms. The number of methoxy groups -OCH3 is 1. The molecule has 18 heavy (non-hydrogen) atoms. The predicted molar refractivity (Wildman–Crippen MR) is 63.2 cm³/mol. The van der Waals surface area contributed by atoms with Crippen LogP contribution in [0.2, 0.25) is 0 Å². The molecule has 0 aliphatic rings. The Bertz CT molecular complexity index is 577. The lowest BCUT2D eigenvalue weighted by atomic mass is 10.2. The smallest absolute Gasteiger partial charge is 0.335 e. The number of aromatic nitrogens is 2. The Labute approximate surface area is 103 Å². The van der Waals surface area contributed by atoms with Crippen LogP contribution in [-0.2, 0) is 7.05 Å². The number of aryl methyl sites for hydroxylation is 1. The van der Waals surface area contributed by atoms with Gasteiger partial charge in [-0.25, -0.2) is 9.78 Å². The first-order valence-electron chi connectivity index (χ1n) is 5.18. The highest BCUT2D eigenvalue weighted by Gasteiger charge is 2.12. The van der Waals surface area contributed by atoms with Crippen molar-refractivity contribution in [2.75, 3.05) is 7.11 Å². The first-order valence-corrected chi connectivity index (χ1v) is 5.18. The highest BCUT2D eigenvalue weighted by Crippen LogP contribution is 2.31. The fourth-order valence-electron chi connectivity index (χ4n) is 1.44. The summed E-state index contributed by atoms with van der Waals surface area (Å²) in [4.78, 5) is 14.9. The molecule has 0 unspecified atom stereocenters. The Morgan fingerprint density at radius 2 is 2.17 bits per heavy atom. The normalized spacial score (nSPS) is 10.1. The van der Waals surface area contributed by atoms with Gasteiger partial charge in [0.15, 0.2) is 11.5 Å². The summed E-state index contributed by atoms with van der Waals surface area (Å²) < 4.78 is 12.3. The van der Waals surface area contributed by atoms with Crippen LogP contribution in [0.25, 0.3) is 0 Å². The number of rotatable bonds is 4. The van der Waals surface area contributed by atoms with Gasteiger partial charge in [-0.3, -0.25) is 0 Å². The van der Waals surface area contributed by atoms with Crippen molar-refractivity contribution in [3.63, 3.8) is 0 Å². The minimum atomic E-state index is -1.03. The summed E-state index contributed by atoms with van der Waals surface area (Å²) in [5.74, 6) is -0.267. The van der Waals surface area contributed by atoms with E-state index < -0.39 is 5.97 Å². The number of ether oxygens (including phenoxy) is 2. The van der Waals surface area contributed by atoms with Gasteiger partial charge < -0.3 is 19.1 Å². The number of carboxylic acid groups (broad SMARTS) is 1. The Kier molecular flexibility index (Phi) is 3.18. The number of benzene rings is 1. The Hall–Kier alpha value is -2.50. The fraction of sp³-hybridized carbons (Fsp3) is 0.167. The van der Waals surface area contributed by atoms with Gasteiger partial charge in [-0.15, -0.1) is 0 Å². The molecule has 0 bridgehead atoms. The zero-order valence-electron chi connectivity index (χ0n) is 9.95. The van der Waals surface area contributed by atoms with E-state index in [4.69, 9.17) is 14.6 Å². The third-order valence-electron chi connectivity index (χ3n) is 2.39. The van der Waals surface area contributed by atoms with Crippen LogP contribution in [0.5, 0.6) is 17.5 Å². The number of aromatic carboxylic acids is 1. The van der Waals surface area contributed by atoms with Crippen LogP contribution in [0.4, 0.5) is 0 Å². The molecule has 6 nitrogen and oxygen atoms in total. The number of carbonyl (C=O) groups is 1. The standard InChI is InChI=1S/C12H12N2O4/c1-14-6-5-13-12(14)18-10-7-8(11(15)16)3-4-9(10)17-2/h3-7H,1-2H3,(H,15,16). The molecule has 94 valence electrons. The van der Waals surface area contributed by atoms with Gasteiger partial charge in [-0.1, -0.05) is 0 Å².